The number of amides is 10. The number of aliphatic carboxylic acids is 4. The zero-order valence-electron chi connectivity index (χ0n) is 68.2. The minimum absolute atomic E-state index is 0.0435. The number of nitrogens with two attached hydrogens (primary N) is 2. The summed E-state index contributed by atoms with van der Waals surface area (Å²) >= 11 is 3.50. The Kier molecular flexibility index (Phi) is 52.4. The molecule has 1 saturated heterocycles. The summed E-state index contributed by atoms with van der Waals surface area (Å²) in [5.74, 6) is -13.4. The van der Waals surface area contributed by atoms with Crippen molar-refractivity contribution in [1.82, 2.24) is 42.5 Å². The third-order valence-corrected chi connectivity index (χ3v) is 16.0. The van der Waals surface area contributed by atoms with Crippen LogP contribution in [0.4, 0.5) is 11.4 Å². The van der Waals surface area contributed by atoms with Crippen LogP contribution >= 0.6 is 23.5 Å². The number of hydrogen-bond donors (Lipinski definition) is 21. The monoisotopic (exact) mass is 1740 g/mol. The van der Waals surface area contributed by atoms with E-state index >= 15 is 0 Å². The Labute approximate surface area is 695 Å². The van der Waals surface area contributed by atoms with Gasteiger partial charge in [-0.15, -0.1) is 0 Å². The summed E-state index contributed by atoms with van der Waals surface area (Å²) in [4.78, 5) is 194. The summed E-state index contributed by atoms with van der Waals surface area (Å²) in [6, 6.07) is 2.68. The van der Waals surface area contributed by atoms with Crippen LogP contribution in [0.5, 0.6) is 11.5 Å². The van der Waals surface area contributed by atoms with Crippen molar-refractivity contribution in [2.45, 2.75) is 176 Å². The molecule has 45 nitrogen and oxygen atoms in total. The quantitative estimate of drug-likeness (QED) is 0.0219. The third-order valence-electron chi connectivity index (χ3n) is 16.0. The molecular formula is C72H110N12O33S2. The summed E-state index contributed by atoms with van der Waals surface area (Å²) in [6.07, 6.45) is -9.49. The van der Waals surface area contributed by atoms with E-state index in [1.54, 1.807) is 23.5 Å². The van der Waals surface area contributed by atoms with Gasteiger partial charge in [0.15, 0.2) is 14.9 Å². The summed E-state index contributed by atoms with van der Waals surface area (Å²) < 4.78 is 54.5. The maximum Gasteiger partial charge on any atom is 0.371 e. The molecule has 12 atom stereocenters. The topological polar surface area (TPSA) is 701 Å². The van der Waals surface area contributed by atoms with E-state index < -0.39 is 202 Å². The molecule has 2 aromatic rings. The van der Waals surface area contributed by atoms with E-state index in [-0.39, 0.29) is 137 Å². The van der Waals surface area contributed by atoms with E-state index in [9.17, 15) is 112 Å². The molecule has 2 heterocycles. The molecule has 4 rings (SSSR count). The zero-order chi connectivity index (χ0) is 91.3. The highest BCUT2D eigenvalue weighted by Gasteiger charge is 2.48. The Morgan fingerprint density at radius 2 is 0.899 bits per heavy atom. The number of aliphatic hydroxyl groups excluding tert-OH is 5. The molecule has 0 bridgehead atoms. The van der Waals surface area contributed by atoms with Crippen LogP contribution in [0.15, 0.2) is 48.2 Å². The third kappa shape index (κ3) is 43.6. The van der Waals surface area contributed by atoms with Gasteiger partial charge in [-0.1, -0.05) is 12.1 Å². The Morgan fingerprint density at radius 1 is 0.487 bits per heavy atom. The summed E-state index contributed by atoms with van der Waals surface area (Å²) in [5.41, 5.74) is 11.6. The molecule has 23 N–H and O–H groups in total. The number of hydrogen-bond acceptors (Lipinski definition) is 33. The Hall–Kier alpha value is -10.6. The number of methoxy groups -OCH3 is 2. The molecule has 0 radical (unpaired) electrons. The first-order chi connectivity index (χ1) is 57.3. The van der Waals surface area contributed by atoms with Gasteiger partial charge in [0.05, 0.1) is 37.4 Å². The van der Waals surface area contributed by atoms with Crippen LogP contribution in [-0.2, 0) is 118 Å². The lowest BCUT2D eigenvalue weighted by molar-refractivity contribution is -0.271. The standard InChI is InChI=1S/C34H50N6O17.C34H48N6O16.2C2H6S/c1-54-13-10-23(42)36-11-3-2-4-19(40-32(51)21(15-35)39-24(43)7-8-26(45)46)31(50)37-12-9-25(44)38-20-14-18(16-55-17-41)5-6-22(20)56-34-29(49)27(47)28(48)30(57-34)33(52)53;1-53-13-10-26(43)36-11-3-2-4-20(40-32(50)22(16-35)39-27(44)7-8-29(46)47)31(49)37-12-9-28(45)38-21-14-19(17-54-18-41)5-6-24(21)55-34-30(48)23(42)15-25(56-34)33(51)52;2*1-3-2/h5-6,14,17,19,21,27-30,34,47-49H,2-4,7-13,15-16,35H2,1H3,(H,36,42)(H,37,50)(H,38,44)(H,39,43)(H,40,51)(H,45,46)(H,52,53);5-6,14-15,18,20,22-23,30,34,42,48H,2-4,7-13,16-17,35H2,1H3,(H,36,43)(H,37,49)(H,38,45)(H,39,44)(H,40,50)(H,46,47)(H,51,52);2*1-2H3/t19-,21?,27-,28-,29+,30-,34+;20-,22?,23-,30+,34+;;/m00../s1/i17D;18D;;. The number of aliphatic hydroxyl groups is 5. The van der Waals surface area contributed by atoms with Crippen LogP contribution < -0.4 is 74.1 Å². The lowest BCUT2D eigenvalue weighted by Gasteiger charge is -2.38. The predicted octanol–water partition coefficient (Wildman–Crippen LogP) is -4.50. The average molecular weight is 1740 g/mol. The molecule has 668 valence electrons. The van der Waals surface area contributed by atoms with Gasteiger partial charge in [-0.25, -0.2) is 9.59 Å². The van der Waals surface area contributed by atoms with Crippen molar-refractivity contribution >= 4 is 131 Å². The van der Waals surface area contributed by atoms with Crippen molar-refractivity contribution in [3.05, 3.63) is 59.4 Å². The summed E-state index contributed by atoms with van der Waals surface area (Å²) in [7, 11) is 2.91. The second-order valence-corrected chi connectivity index (χ2v) is 27.1. The average Bonchev–Trinajstić information content (AvgIpc) is 0.801. The highest BCUT2D eigenvalue weighted by molar-refractivity contribution is 7.98. The van der Waals surface area contributed by atoms with Gasteiger partial charge in [0.1, 0.15) is 73.3 Å². The lowest BCUT2D eigenvalue weighted by Crippen LogP contribution is -2.61. The highest BCUT2D eigenvalue weighted by Crippen LogP contribution is 2.33. The number of carboxylic acids is 4. The molecule has 2 aliphatic rings. The number of nitrogens with one attached hydrogen (secondary N) is 10. The number of carbonyl (C=O) groups is 16. The van der Waals surface area contributed by atoms with Gasteiger partial charge in [0.2, 0.25) is 71.1 Å². The van der Waals surface area contributed by atoms with Crippen molar-refractivity contribution in [1.29, 1.82) is 0 Å². The molecule has 2 unspecified atom stereocenters. The fraction of sp³-hybridized carbons (Fsp3) is 0.583. The van der Waals surface area contributed by atoms with Crippen LogP contribution in [-0.4, -0.2) is 307 Å². The Balaban J connectivity index is 0.00000114. The van der Waals surface area contributed by atoms with E-state index in [1.165, 1.54) is 50.6 Å². The van der Waals surface area contributed by atoms with Crippen molar-refractivity contribution in [3.8, 4) is 11.5 Å². The molecule has 0 aliphatic carbocycles. The molecular weight excluding hydrogens is 1620 g/mol. The molecule has 0 spiro atoms. The molecule has 0 aromatic heterocycles. The van der Waals surface area contributed by atoms with Gasteiger partial charge in [-0.2, -0.15) is 23.5 Å². The van der Waals surface area contributed by atoms with Crippen molar-refractivity contribution < 1.29 is 163 Å². The van der Waals surface area contributed by atoms with Crippen molar-refractivity contribution in [3.63, 3.8) is 0 Å². The highest BCUT2D eigenvalue weighted by atomic mass is 32.2. The van der Waals surface area contributed by atoms with Gasteiger partial charge >= 0.3 is 23.9 Å². The molecule has 47 heteroatoms. The van der Waals surface area contributed by atoms with Gasteiger partial charge < -0.3 is 148 Å². The number of carbonyl (C=O) groups excluding carboxylic acids is 12. The summed E-state index contributed by atoms with van der Waals surface area (Å²) in [6.45, 7) is -1.19. The second kappa shape index (κ2) is 60.8. The fourth-order valence-electron chi connectivity index (χ4n) is 9.98. The number of ether oxygens (including phenoxy) is 8. The maximum absolute atomic E-state index is 13.3. The molecule has 1 fully saturated rings. The Bertz CT molecular complexity index is 3750. The number of thioether (sulfide) groups is 2. The van der Waals surface area contributed by atoms with Crippen LogP contribution in [0.1, 0.15) is 104 Å². The van der Waals surface area contributed by atoms with Gasteiger partial charge in [0, 0.05) is 92.0 Å². The Morgan fingerprint density at radius 3 is 1.27 bits per heavy atom. The fourth-order valence-corrected chi connectivity index (χ4v) is 9.98. The number of anilines is 2. The minimum Gasteiger partial charge on any atom is -0.481 e. The van der Waals surface area contributed by atoms with E-state index in [4.69, 9.17) is 52.8 Å². The van der Waals surface area contributed by atoms with Crippen LogP contribution in [0.2, 0.25) is 0 Å². The normalized spacial score (nSPS) is 18.1. The van der Waals surface area contributed by atoms with Crippen LogP contribution in [0, 0.1) is 0 Å². The van der Waals surface area contributed by atoms with E-state index in [0.717, 1.165) is 6.08 Å². The first kappa shape index (κ1) is 103. The van der Waals surface area contributed by atoms with Crippen molar-refractivity contribution in [2.75, 3.05) is 102 Å². The minimum atomic E-state index is -2.01. The van der Waals surface area contributed by atoms with Crippen LogP contribution in [0.25, 0.3) is 0 Å². The van der Waals surface area contributed by atoms with Crippen LogP contribution in [0.3, 0.4) is 0 Å². The first-order valence-corrected chi connectivity index (χ1v) is 39.9. The number of unbranched alkanes of at least 4 members (excludes halogenated alkanes) is 2. The number of carboxylic acid groups (broad SMARTS) is 4. The lowest BCUT2D eigenvalue weighted by atomic mass is 9.99. The van der Waals surface area contributed by atoms with Gasteiger partial charge in [-0.3, -0.25) is 67.1 Å². The molecule has 0 saturated carbocycles. The molecule has 2 aliphatic heterocycles. The maximum atomic E-state index is 13.3. The molecule has 2 aromatic carbocycles. The first-order valence-electron chi connectivity index (χ1n) is 37.6. The summed E-state index contributed by atoms with van der Waals surface area (Å²) in [5, 5.41) is 112. The predicted molar refractivity (Wildman–Crippen MR) is 420 cm³/mol. The van der Waals surface area contributed by atoms with Gasteiger partial charge in [0.25, 0.3) is 19.2 Å². The van der Waals surface area contributed by atoms with E-state index in [2.05, 4.69) is 62.6 Å². The molecule has 10 amide bonds. The number of rotatable bonds is 50. The smallest absolute Gasteiger partial charge is 0.371 e. The SMILES string of the molecule is CSC.CSC.[2H]C(=O)OCc1ccc(O[C@@H]2OC(C(=O)O)=C[C@H](O)[C@H]2O)c(NC(=O)CCNC(=O)[C@H](CCCCNC(=O)CCOC)NC(=O)C(CN)NC(=O)CCC(=O)O)c1.[2H]C(=O)OCc1ccc(O[C@@H]2O[C@H](C(=O)O)[C@@H](O)[C@H](O)[C@H]2O)c(NC(=O)CCNC(=O)[C@H](CCCCNC(=O)CCOC)NC(=O)C(CN)NC(=O)CCC(=O)O)c1. The second-order valence-electron chi connectivity index (χ2n) is 25.5. The largest absolute Gasteiger partial charge is 0.481 e. The molecule has 119 heavy (non-hydrogen) atoms. The van der Waals surface area contributed by atoms with E-state index in [1.807, 2.05) is 25.0 Å². The van der Waals surface area contributed by atoms with Crippen molar-refractivity contribution in [2.24, 2.45) is 11.5 Å². The number of benzene rings is 2. The van der Waals surface area contributed by atoms with Gasteiger partial charge in [-0.05, 0) is 105 Å². The zero-order valence-corrected chi connectivity index (χ0v) is 67.9. The van der Waals surface area contributed by atoms with E-state index in [0.29, 0.717) is 25.7 Å².